The molecule has 0 radical (unpaired) electrons. The van der Waals surface area contributed by atoms with Crippen LogP contribution in [0.2, 0.25) is 0 Å². The Hall–Kier alpha value is -3.10. The van der Waals surface area contributed by atoms with Crippen molar-refractivity contribution in [2.75, 3.05) is 38.7 Å². The molecule has 1 saturated heterocycles. The highest BCUT2D eigenvalue weighted by molar-refractivity contribution is 5.95. The van der Waals surface area contributed by atoms with Crippen LogP contribution in [0.1, 0.15) is 12.0 Å². The van der Waals surface area contributed by atoms with Gasteiger partial charge in [0.05, 0.1) is 19.3 Å². The van der Waals surface area contributed by atoms with Crippen LogP contribution in [-0.4, -0.2) is 62.9 Å². The van der Waals surface area contributed by atoms with Gasteiger partial charge in [-0.3, -0.25) is 9.69 Å². The van der Waals surface area contributed by atoms with E-state index in [1.165, 1.54) is 30.0 Å². The van der Waals surface area contributed by atoms with E-state index in [4.69, 9.17) is 4.74 Å². The SMILES string of the molecule is CNC(=O)C1CN(c2ccc(C3=CCN(C(=O)OC)CC3)c(F)c2)C(=O)O1. The number of rotatable bonds is 3. The quantitative estimate of drug-likeness (QED) is 0.867. The van der Waals surface area contributed by atoms with Crippen LogP contribution in [0.25, 0.3) is 5.57 Å². The number of methoxy groups -OCH3 is 1. The number of likely N-dealkylation sites (N-methyl/N-ethyl adjacent to an activating group) is 1. The van der Waals surface area contributed by atoms with Gasteiger partial charge in [-0.25, -0.2) is 14.0 Å². The molecule has 2 aliphatic heterocycles. The third-order valence-electron chi connectivity index (χ3n) is 4.60. The van der Waals surface area contributed by atoms with Crippen LogP contribution in [0.15, 0.2) is 24.3 Å². The molecule has 3 amide bonds. The normalized spacial score (nSPS) is 19.4. The number of halogens is 1. The van der Waals surface area contributed by atoms with E-state index in [1.54, 1.807) is 18.2 Å². The monoisotopic (exact) mass is 377 g/mol. The van der Waals surface area contributed by atoms with Gasteiger partial charge in [0.15, 0.2) is 6.10 Å². The minimum Gasteiger partial charge on any atom is -0.453 e. The molecule has 0 aliphatic carbocycles. The Morgan fingerprint density at radius 1 is 1.37 bits per heavy atom. The zero-order chi connectivity index (χ0) is 19.6. The highest BCUT2D eigenvalue weighted by Gasteiger charge is 2.36. The van der Waals surface area contributed by atoms with Crippen LogP contribution in [0.4, 0.5) is 19.7 Å². The first-order chi connectivity index (χ1) is 12.9. The molecule has 3 rings (SSSR count). The minimum absolute atomic E-state index is 0.0219. The maximum absolute atomic E-state index is 14.7. The summed E-state index contributed by atoms with van der Waals surface area (Å²) in [5.74, 6) is -0.896. The predicted octanol–water partition coefficient (Wildman–Crippen LogP) is 1.75. The number of anilines is 1. The number of cyclic esters (lactones) is 1. The van der Waals surface area contributed by atoms with Crippen molar-refractivity contribution < 1.29 is 28.2 Å². The molecule has 0 aromatic heterocycles. The van der Waals surface area contributed by atoms with Gasteiger partial charge in [-0.2, -0.15) is 0 Å². The van der Waals surface area contributed by atoms with Gasteiger partial charge in [0, 0.05) is 25.7 Å². The largest absolute Gasteiger partial charge is 0.453 e. The Morgan fingerprint density at radius 3 is 2.74 bits per heavy atom. The second kappa shape index (κ2) is 7.65. The maximum Gasteiger partial charge on any atom is 0.415 e. The van der Waals surface area contributed by atoms with Crippen molar-refractivity contribution >= 4 is 29.4 Å². The van der Waals surface area contributed by atoms with Gasteiger partial charge in [-0.15, -0.1) is 0 Å². The van der Waals surface area contributed by atoms with Gasteiger partial charge in [0.25, 0.3) is 5.91 Å². The molecular formula is C18H20FN3O5. The number of carbonyl (C=O) groups is 3. The average molecular weight is 377 g/mol. The van der Waals surface area contributed by atoms with Crippen molar-refractivity contribution in [2.45, 2.75) is 12.5 Å². The van der Waals surface area contributed by atoms with E-state index >= 15 is 0 Å². The average Bonchev–Trinajstić information content (AvgIpc) is 3.08. The van der Waals surface area contributed by atoms with E-state index < -0.39 is 30.0 Å². The van der Waals surface area contributed by atoms with Crippen molar-refractivity contribution in [2.24, 2.45) is 0 Å². The number of benzene rings is 1. The molecule has 1 N–H and O–H groups in total. The molecule has 1 fully saturated rings. The minimum atomic E-state index is -0.921. The smallest absolute Gasteiger partial charge is 0.415 e. The van der Waals surface area contributed by atoms with Crippen molar-refractivity contribution in [3.8, 4) is 0 Å². The van der Waals surface area contributed by atoms with Gasteiger partial charge in [-0.05, 0) is 30.2 Å². The molecule has 2 heterocycles. The summed E-state index contributed by atoms with van der Waals surface area (Å²) in [6.07, 6.45) is 0.247. The maximum atomic E-state index is 14.7. The summed E-state index contributed by atoms with van der Waals surface area (Å²) in [7, 11) is 2.77. The van der Waals surface area contributed by atoms with E-state index in [9.17, 15) is 18.8 Å². The first-order valence-corrected chi connectivity index (χ1v) is 8.46. The fraction of sp³-hybridized carbons (Fsp3) is 0.389. The highest BCUT2D eigenvalue weighted by Crippen LogP contribution is 2.29. The highest BCUT2D eigenvalue weighted by atomic mass is 19.1. The molecule has 1 aromatic carbocycles. The van der Waals surface area contributed by atoms with Crippen molar-refractivity contribution in [1.29, 1.82) is 0 Å². The number of ether oxygens (including phenoxy) is 2. The summed E-state index contributed by atoms with van der Waals surface area (Å²) in [4.78, 5) is 37.9. The van der Waals surface area contributed by atoms with Crippen molar-refractivity contribution in [3.63, 3.8) is 0 Å². The van der Waals surface area contributed by atoms with Crippen LogP contribution in [0, 0.1) is 5.82 Å². The molecule has 1 unspecified atom stereocenters. The van der Waals surface area contributed by atoms with Gasteiger partial charge in [0.2, 0.25) is 0 Å². The Morgan fingerprint density at radius 2 is 2.15 bits per heavy atom. The number of hydrogen-bond acceptors (Lipinski definition) is 5. The van der Waals surface area contributed by atoms with E-state index in [1.807, 2.05) is 0 Å². The number of hydrogen-bond donors (Lipinski definition) is 1. The molecule has 0 bridgehead atoms. The zero-order valence-corrected chi connectivity index (χ0v) is 15.0. The van der Waals surface area contributed by atoms with Crippen LogP contribution < -0.4 is 10.2 Å². The van der Waals surface area contributed by atoms with Crippen LogP contribution in [-0.2, 0) is 14.3 Å². The summed E-state index contributed by atoms with van der Waals surface area (Å²) < 4.78 is 24.3. The van der Waals surface area contributed by atoms with Crippen LogP contribution in [0.3, 0.4) is 0 Å². The van der Waals surface area contributed by atoms with E-state index in [2.05, 4.69) is 10.1 Å². The van der Waals surface area contributed by atoms with E-state index in [0.29, 0.717) is 30.8 Å². The van der Waals surface area contributed by atoms with Crippen LogP contribution >= 0.6 is 0 Å². The Bertz CT molecular complexity index is 810. The summed E-state index contributed by atoms with van der Waals surface area (Å²) >= 11 is 0. The Kier molecular flexibility index (Phi) is 5.29. The topological polar surface area (TPSA) is 88.2 Å². The lowest BCUT2D eigenvalue weighted by Crippen LogP contribution is -2.35. The second-order valence-electron chi connectivity index (χ2n) is 6.16. The number of amides is 3. The van der Waals surface area contributed by atoms with Gasteiger partial charge < -0.3 is 19.7 Å². The van der Waals surface area contributed by atoms with Gasteiger partial charge >= 0.3 is 12.2 Å². The second-order valence-corrected chi connectivity index (χ2v) is 6.16. The lowest BCUT2D eigenvalue weighted by Gasteiger charge is -2.25. The molecule has 0 spiro atoms. The van der Waals surface area contributed by atoms with E-state index in [-0.39, 0.29) is 6.54 Å². The molecule has 8 nitrogen and oxygen atoms in total. The Labute approximate surface area is 155 Å². The molecule has 1 aromatic rings. The molecule has 27 heavy (non-hydrogen) atoms. The lowest BCUT2D eigenvalue weighted by atomic mass is 9.98. The fourth-order valence-corrected chi connectivity index (χ4v) is 3.11. The molecule has 144 valence electrons. The number of carbonyl (C=O) groups excluding carboxylic acids is 3. The summed E-state index contributed by atoms with van der Waals surface area (Å²) in [6.45, 7) is 0.801. The molecule has 1 atom stereocenters. The summed E-state index contributed by atoms with van der Waals surface area (Å²) in [6, 6.07) is 4.45. The van der Waals surface area contributed by atoms with Crippen LogP contribution in [0.5, 0.6) is 0 Å². The predicted molar refractivity (Wildman–Crippen MR) is 94.7 cm³/mol. The van der Waals surface area contributed by atoms with Gasteiger partial charge in [-0.1, -0.05) is 6.08 Å². The Balaban J connectivity index is 1.75. The molecular weight excluding hydrogens is 357 g/mol. The van der Waals surface area contributed by atoms with Gasteiger partial charge in [0.1, 0.15) is 5.82 Å². The number of nitrogens with zero attached hydrogens (tertiary/aromatic N) is 2. The first kappa shape index (κ1) is 18.7. The molecule has 2 aliphatic rings. The van der Waals surface area contributed by atoms with Crippen molar-refractivity contribution in [1.82, 2.24) is 10.2 Å². The van der Waals surface area contributed by atoms with Crippen molar-refractivity contribution in [3.05, 3.63) is 35.7 Å². The first-order valence-electron chi connectivity index (χ1n) is 8.46. The lowest BCUT2D eigenvalue weighted by molar-refractivity contribution is -0.127. The fourth-order valence-electron chi connectivity index (χ4n) is 3.11. The summed E-state index contributed by atoms with van der Waals surface area (Å²) in [5, 5.41) is 2.42. The third kappa shape index (κ3) is 3.71. The third-order valence-corrected chi connectivity index (χ3v) is 4.60. The number of nitrogens with one attached hydrogen (secondary N) is 1. The van der Waals surface area contributed by atoms with E-state index in [0.717, 1.165) is 5.57 Å². The molecule has 0 saturated carbocycles. The molecule has 9 heteroatoms. The zero-order valence-electron chi connectivity index (χ0n) is 15.0. The summed E-state index contributed by atoms with van der Waals surface area (Å²) in [5.41, 5.74) is 1.52. The standard InChI is InChI=1S/C18H20FN3O5/c1-20-16(23)15-10-22(18(25)27-15)12-3-4-13(14(19)9-12)11-5-7-21(8-6-11)17(24)26-2/h3-5,9,15H,6-8,10H2,1-2H3,(H,20,23).